The molecule has 0 aromatic carbocycles. The number of hydrogen-bond acceptors (Lipinski definition) is 5. The fourth-order valence-corrected chi connectivity index (χ4v) is 2.65. The van der Waals surface area contributed by atoms with Crippen LogP contribution in [-0.2, 0) is 0 Å². The Balaban J connectivity index is 2.37. The number of aromatic nitrogens is 1. The van der Waals surface area contributed by atoms with Gasteiger partial charge >= 0.3 is 0 Å². The summed E-state index contributed by atoms with van der Waals surface area (Å²) >= 11 is 3.25. The van der Waals surface area contributed by atoms with Gasteiger partial charge in [-0.2, -0.15) is 11.8 Å². The van der Waals surface area contributed by atoms with Gasteiger partial charge in [0.25, 0.3) is 0 Å². The molecule has 0 bridgehead atoms. The maximum atomic E-state index is 9.96. The monoisotopic (exact) mass is 246 g/mol. The highest BCUT2D eigenvalue weighted by molar-refractivity contribution is 7.98. The molecule has 1 aromatic rings. The topological polar surface area (TPSA) is 45.1 Å². The fraction of sp³-hybridized carbons (Fsp3) is 0.700. The van der Waals surface area contributed by atoms with Gasteiger partial charge in [0.2, 0.25) is 0 Å². The van der Waals surface area contributed by atoms with Crippen LogP contribution < -0.4 is 5.32 Å². The van der Waals surface area contributed by atoms with E-state index in [1.165, 1.54) is 0 Å². The maximum absolute atomic E-state index is 9.96. The highest BCUT2D eigenvalue weighted by Gasteiger charge is 2.20. The summed E-state index contributed by atoms with van der Waals surface area (Å²) < 4.78 is 0. The lowest BCUT2D eigenvalue weighted by atomic mass is 10.1. The standard InChI is InChI=1S/C10H18N2OS2/c1-8(9-4-15-7-12-9)11-5-10(2,13)6-14-3/h4,7-8,11,13H,5-6H2,1-3H3. The largest absolute Gasteiger partial charge is 0.388 e. The second kappa shape index (κ2) is 5.84. The van der Waals surface area contributed by atoms with Crippen LogP contribution in [0, 0.1) is 0 Å². The molecule has 0 fully saturated rings. The number of thiazole rings is 1. The predicted octanol–water partition coefficient (Wildman–Crippen LogP) is 1.91. The van der Waals surface area contributed by atoms with Gasteiger partial charge in [0, 0.05) is 23.7 Å². The second-order valence-corrected chi connectivity index (χ2v) is 5.53. The minimum absolute atomic E-state index is 0.199. The van der Waals surface area contributed by atoms with Crippen LogP contribution in [0.3, 0.4) is 0 Å². The van der Waals surface area contributed by atoms with Crippen molar-refractivity contribution in [3.05, 3.63) is 16.6 Å². The van der Waals surface area contributed by atoms with E-state index in [-0.39, 0.29) is 6.04 Å². The molecule has 86 valence electrons. The summed E-state index contributed by atoms with van der Waals surface area (Å²) in [4.78, 5) is 4.23. The van der Waals surface area contributed by atoms with Crippen LogP contribution in [0.2, 0.25) is 0 Å². The maximum Gasteiger partial charge on any atom is 0.0833 e. The predicted molar refractivity (Wildman–Crippen MR) is 67.5 cm³/mol. The average Bonchev–Trinajstić information content (AvgIpc) is 2.67. The summed E-state index contributed by atoms with van der Waals surface area (Å²) in [6.07, 6.45) is 2.00. The molecule has 0 aliphatic rings. The summed E-state index contributed by atoms with van der Waals surface area (Å²) in [7, 11) is 0. The highest BCUT2D eigenvalue weighted by Crippen LogP contribution is 2.14. The zero-order valence-electron chi connectivity index (χ0n) is 9.36. The molecule has 1 aromatic heterocycles. The quantitative estimate of drug-likeness (QED) is 0.805. The molecule has 0 radical (unpaired) electrons. The normalized spacial score (nSPS) is 17.3. The molecule has 1 rings (SSSR count). The zero-order chi connectivity index (χ0) is 11.3. The molecule has 2 N–H and O–H groups in total. The van der Waals surface area contributed by atoms with E-state index in [2.05, 4.69) is 17.2 Å². The van der Waals surface area contributed by atoms with E-state index in [9.17, 15) is 5.11 Å². The van der Waals surface area contributed by atoms with Gasteiger partial charge in [0.1, 0.15) is 0 Å². The van der Waals surface area contributed by atoms with Gasteiger partial charge in [-0.25, -0.2) is 4.98 Å². The Morgan fingerprint density at radius 3 is 3.00 bits per heavy atom. The van der Waals surface area contributed by atoms with Crippen LogP contribution in [0.1, 0.15) is 25.6 Å². The first-order chi connectivity index (χ1) is 7.05. The summed E-state index contributed by atoms with van der Waals surface area (Å²) in [5, 5.41) is 15.3. The molecule has 0 spiro atoms. The Morgan fingerprint density at radius 2 is 2.47 bits per heavy atom. The number of nitrogens with zero attached hydrogens (tertiary/aromatic N) is 1. The van der Waals surface area contributed by atoms with E-state index in [1.54, 1.807) is 23.1 Å². The Labute approximate surface area is 99.3 Å². The SMILES string of the molecule is CSCC(C)(O)CNC(C)c1cscn1. The van der Waals surface area contributed by atoms with Crippen molar-refractivity contribution in [2.75, 3.05) is 18.6 Å². The number of aliphatic hydroxyl groups is 1. The Morgan fingerprint density at radius 1 is 1.73 bits per heavy atom. The third kappa shape index (κ3) is 4.51. The fourth-order valence-electron chi connectivity index (χ4n) is 1.28. The Bertz CT molecular complexity index is 275. The van der Waals surface area contributed by atoms with Crippen molar-refractivity contribution in [2.45, 2.75) is 25.5 Å². The summed E-state index contributed by atoms with van der Waals surface area (Å²) in [6.45, 7) is 4.50. The van der Waals surface area contributed by atoms with Gasteiger partial charge in [-0.15, -0.1) is 11.3 Å². The molecule has 0 saturated heterocycles. The molecule has 1 heterocycles. The first kappa shape index (κ1) is 13.0. The molecule has 0 saturated carbocycles. The van der Waals surface area contributed by atoms with Crippen LogP contribution >= 0.6 is 23.1 Å². The van der Waals surface area contributed by atoms with Gasteiger partial charge in [0.05, 0.1) is 16.8 Å². The molecule has 5 heteroatoms. The first-order valence-corrected chi connectivity index (χ1v) is 7.21. The van der Waals surface area contributed by atoms with Crippen LogP contribution in [0.25, 0.3) is 0 Å². The van der Waals surface area contributed by atoms with Gasteiger partial charge in [0.15, 0.2) is 0 Å². The molecule has 0 aliphatic heterocycles. The van der Waals surface area contributed by atoms with Crippen molar-refractivity contribution in [1.29, 1.82) is 0 Å². The van der Waals surface area contributed by atoms with Gasteiger partial charge in [-0.3, -0.25) is 0 Å². The van der Waals surface area contributed by atoms with E-state index < -0.39 is 5.60 Å². The van der Waals surface area contributed by atoms with Crippen molar-refractivity contribution in [3.63, 3.8) is 0 Å². The Hall–Kier alpha value is -0.100. The molecule has 0 aliphatic carbocycles. The molecular formula is C10H18N2OS2. The van der Waals surface area contributed by atoms with Crippen LogP contribution in [0.15, 0.2) is 10.9 Å². The van der Waals surface area contributed by atoms with Crippen molar-refractivity contribution >= 4 is 23.1 Å². The van der Waals surface area contributed by atoms with Crippen LogP contribution in [0.5, 0.6) is 0 Å². The number of hydrogen-bond donors (Lipinski definition) is 2. The molecule has 15 heavy (non-hydrogen) atoms. The third-order valence-electron chi connectivity index (χ3n) is 2.14. The smallest absolute Gasteiger partial charge is 0.0833 e. The highest BCUT2D eigenvalue weighted by atomic mass is 32.2. The van der Waals surface area contributed by atoms with Crippen LogP contribution in [-0.4, -0.2) is 34.2 Å². The zero-order valence-corrected chi connectivity index (χ0v) is 11.0. The minimum atomic E-state index is -0.649. The summed E-state index contributed by atoms with van der Waals surface area (Å²) in [6, 6.07) is 0.199. The Kier molecular flexibility index (Phi) is 5.05. The molecule has 0 amide bonds. The molecule has 3 nitrogen and oxygen atoms in total. The number of thioether (sulfide) groups is 1. The number of rotatable bonds is 6. The van der Waals surface area contributed by atoms with E-state index >= 15 is 0 Å². The van der Waals surface area contributed by atoms with Crippen molar-refractivity contribution in [1.82, 2.24) is 10.3 Å². The van der Waals surface area contributed by atoms with E-state index in [1.807, 2.05) is 24.1 Å². The van der Waals surface area contributed by atoms with Gasteiger partial charge in [-0.05, 0) is 20.1 Å². The minimum Gasteiger partial charge on any atom is -0.388 e. The average molecular weight is 246 g/mol. The lowest BCUT2D eigenvalue weighted by molar-refractivity contribution is 0.0819. The molecule has 2 unspecified atom stereocenters. The van der Waals surface area contributed by atoms with E-state index in [4.69, 9.17) is 0 Å². The van der Waals surface area contributed by atoms with Crippen molar-refractivity contribution in [2.24, 2.45) is 0 Å². The molecular weight excluding hydrogens is 228 g/mol. The summed E-state index contributed by atoms with van der Waals surface area (Å²) in [5.74, 6) is 0.740. The van der Waals surface area contributed by atoms with E-state index in [0.29, 0.717) is 6.54 Å². The lowest BCUT2D eigenvalue weighted by Gasteiger charge is -2.24. The van der Waals surface area contributed by atoms with Crippen molar-refractivity contribution in [3.8, 4) is 0 Å². The summed E-state index contributed by atoms with van der Waals surface area (Å²) in [5.41, 5.74) is 2.22. The van der Waals surface area contributed by atoms with Gasteiger partial charge in [-0.1, -0.05) is 0 Å². The van der Waals surface area contributed by atoms with Crippen LogP contribution in [0.4, 0.5) is 0 Å². The lowest BCUT2D eigenvalue weighted by Crippen LogP contribution is -2.40. The number of nitrogens with one attached hydrogen (secondary N) is 1. The second-order valence-electron chi connectivity index (χ2n) is 3.95. The third-order valence-corrected chi connectivity index (χ3v) is 3.65. The van der Waals surface area contributed by atoms with E-state index in [0.717, 1.165) is 11.4 Å². The molecule has 2 atom stereocenters. The van der Waals surface area contributed by atoms with Crippen molar-refractivity contribution < 1.29 is 5.11 Å². The van der Waals surface area contributed by atoms with Gasteiger partial charge < -0.3 is 10.4 Å². The first-order valence-electron chi connectivity index (χ1n) is 4.88.